The van der Waals surface area contributed by atoms with Crippen LogP contribution in [0.2, 0.25) is 0 Å². The molecule has 0 bridgehead atoms. The Balaban J connectivity index is 2.26. The lowest BCUT2D eigenvalue weighted by atomic mass is 9.82. The van der Waals surface area contributed by atoms with Gasteiger partial charge in [0.15, 0.2) is 0 Å². The van der Waals surface area contributed by atoms with Crippen molar-refractivity contribution in [3.63, 3.8) is 0 Å². The first-order chi connectivity index (χ1) is 7.16. The summed E-state index contributed by atoms with van der Waals surface area (Å²) in [4.78, 5) is 2.27. The van der Waals surface area contributed by atoms with Crippen molar-refractivity contribution in [1.29, 1.82) is 0 Å². The van der Waals surface area contributed by atoms with E-state index in [0.717, 1.165) is 12.2 Å². The van der Waals surface area contributed by atoms with E-state index in [0.29, 0.717) is 5.92 Å². The largest absolute Gasteiger partial charge is 0.399 e. The fourth-order valence-corrected chi connectivity index (χ4v) is 2.57. The lowest BCUT2D eigenvalue weighted by Crippen LogP contribution is -2.23. The van der Waals surface area contributed by atoms with E-state index in [1.165, 1.54) is 30.4 Å². The number of anilines is 1. The summed E-state index contributed by atoms with van der Waals surface area (Å²) in [7, 11) is 4.29. The zero-order valence-electron chi connectivity index (χ0n) is 9.66. The molecule has 1 aromatic carbocycles. The summed E-state index contributed by atoms with van der Waals surface area (Å²) < 4.78 is 0. The van der Waals surface area contributed by atoms with Crippen molar-refractivity contribution in [2.75, 3.05) is 26.4 Å². The molecule has 0 heterocycles. The van der Waals surface area contributed by atoms with Gasteiger partial charge in [-0.05, 0) is 62.5 Å². The van der Waals surface area contributed by atoms with Gasteiger partial charge in [-0.3, -0.25) is 0 Å². The molecule has 1 aromatic rings. The maximum absolute atomic E-state index is 5.82. The second kappa shape index (κ2) is 4.23. The van der Waals surface area contributed by atoms with Gasteiger partial charge in [0, 0.05) is 12.2 Å². The molecule has 0 radical (unpaired) electrons. The third-order valence-corrected chi connectivity index (χ3v) is 3.19. The van der Waals surface area contributed by atoms with Crippen molar-refractivity contribution >= 4 is 5.69 Å². The van der Waals surface area contributed by atoms with E-state index >= 15 is 0 Å². The Morgan fingerprint density at radius 2 is 2.20 bits per heavy atom. The minimum Gasteiger partial charge on any atom is -0.399 e. The molecule has 0 saturated carbocycles. The molecule has 0 fully saturated rings. The second-order valence-corrected chi connectivity index (χ2v) is 4.81. The molecular formula is C13H20N2. The standard InChI is InChI=1S/C13H20N2/c1-15(2)9-11-5-3-4-10-8-12(14)6-7-13(10)11/h6-8,11H,3-5,9,14H2,1-2H3. The summed E-state index contributed by atoms with van der Waals surface area (Å²) in [6.45, 7) is 1.15. The second-order valence-electron chi connectivity index (χ2n) is 4.81. The molecule has 15 heavy (non-hydrogen) atoms. The van der Waals surface area contributed by atoms with Crippen LogP contribution < -0.4 is 5.73 Å². The molecule has 0 saturated heterocycles. The van der Waals surface area contributed by atoms with Gasteiger partial charge in [-0.25, -0.2) is 0 Å². The molecule has 2 nitrogen and oxygen atoms in total. The van der Waals surface area contributed by atoms with Gasteiger partial charge in [0.2, 0.25) is 0 Å². The molecule has 0 aliphatic heterocycles. The van der Waals surface area contributed by atoms with Gasteiger partial charge in [-0.15, -0.1) is 0 Å². The Morgan fingerprint density at radius 1 is 1.40 bits per heavy atom. The number of nitrogen functional groups attached to an aromatic ring is 1. The normalized spacial score (nSPS) is 20.3. The molecule has 2 rings (SSSR count). The predicted molar refractivity (Wildman–Crippen MR) is 65.1 cm³/mol. The Hall–Kier alpha value is -1.02. The maximum atomic E-state index is 5.82. The van der Waals surface area contributed by atoms with Crippen LogP contribution in [0.25, 0.3) is 0 Å². The van der Waals surface area contributed by atoms with Crippen LogP contribution >= 0.6 is 0 Å². The van der Waals surface area contributed by atoms with Gasteiger partial charge >= 0.3 is 0 Å². The molecule has 1 atom stereocenters. The number of rotatable bonds is 2. The third kappa shape index (κ3) is 2.32. The number of hydrogen-bond donors (Lipinski definition) is 1. The fourth-order valence-electron chi connectivity index (χ4n) is 2.57. The molecule has 2 N–H and O–H groups in total. The SMILES string of the molecule is CN(C)CC1CCCc2cc(N)ccc21. The first-order valence-corrected chi connectivity index (χ1v) is 5.70. The van der Waals surface area contributed by atoms with E-state index in [4.69, 9.17) is 5.73 Å². The number of benzene rings is 1. The summed E-state index contributed by atoms with van der Waals surface area (Å²) in [6, 6.07) is 6.40. The van der Waals surface area contributed by atoms with Crippen LogP contribution in [0.3, 0.4) is 0 Å². The fraction of sp³-hybridized carbons (Fsp3) is 0.538. The number of nitrogens with zero attached hydrogens (tertiary/aromatic N) is 1. The quantitative estimate of drug-likeness (QED) is 0.749. The highest BCUT2D eigenvalue weighted by Crippen LogP contribution is 2.32. The van der Waals surface area contributed by atoms with Crippen LogP contribution in [0.1, 0.15) is 29.9 Å². The van der Waals surface area contributed by atoms with Crippen molar-refractivity contribution in [2.45, 2.75) is 25.2 Å². The third-order valence-electron chi connectivity index (χ3n) is 3.19. The van der Waals surface area contributed by atoms with E-state index in [9.17, 15) is 0 Å². The highest BCUT2D eigenvalue weighted by Gasteiger charge is 2.20. The first kappa shape index (κ1) is 10.5. The number of hydrogen-bond acceptors (Lipinski definition) is 2. The number of fused-ring (bicyclic) bond motifs is 1. The topological polar surface area (TPSA) is 29.3 Å². The number of nitrogens with two attached hydrogens (primary N) is 1. The molecule has 0 spiro atoms. The molecule has 1 aliphatic carbocycles. The average molecular weight is 204 g/mol. The molecule has 0 aromatic heterocycles. The van der Waals surface area contributed by atoms with Gasteiger partial charge in [-0.1, -0.05) is 6.07 Å². The van der Waals surface area contributed by atoms with Crippen molar-refractivity contribution in [2.24, 2.45) is 0 Å². The highest BCUT2D eigenvalue weighted by molar-refractivity contribution is 5.46. The van der Waals surface area contributed by atoms with E-state index in [-0.39, 0.29) is 0 Å². The Kier molecular flexibility index (Phi) is 2.96. The summed E-state index contributed by atoms with van der Waals surface area (Å²) in [5.41, 5.74) is 9.70. The Labute approximate surface area is 92.1 Å². The van der Waals surface area contributed by atoms with Crippen LogP contribution in [0.5, 0.6) is 0 Å². The van der Waals surface area contributed by atoms with Gasteiger partial charge in [-0.2, -0.15) is 0 Å². The van der Waals surface area contributed by atoms with E-state index in [2.05, 4.69) is 31.1 Å². The van der Waals surface area contributed by atoms with Crippen LogP contribution in [-0.2, 0) is 6.42 Å². The van der Waals surface area contributed by atoms with Gasteiger partial charge < -0.3 is 10.6 Å². The summed E-state index contributed by atoms with van der Waals surface area (Å²) >= 11 is 0. The first-order valence-electron chi connectivity index (χ1n) is 5.70. The summed E-state index contributed by atoms with van der Waals surface area (Å²) in [5.74, 6) is 0.698. The Bertz CT molecular complexity index is 344. The molecule has 82 valence electrons. The van der Waals surface area contributed by atoms with Crippen molar-refractivity contribution < 1.29 is 0 Å². The van der Waals surface area contributed by atoms with Gasteiger partial charge in [0.25, 0.3) is 0 Å². The maximum Gasteiger partial charge on any atom is 0.0316 e. The molecule has 1 aliphatic rings. The predicted octanol–water partition coefficient (Wildman–Crippen LogP) is 2.25. The molecule has 2 heteroatoms. The van der Waals surface area contributed by atoms with Crippen molar-refractivity contribution in [3.05, 3.63) is 29.3 Å². The lowest BCUT2D eigenvalue weighted by molar-refractivity contribution is 0.352. The Morgan fingerprint density at radius 3 is 2.93 bits per heavy atom. The van der Waals surface area contributed by atoms with Gasteiger partial charge in [0.05, 0.1) is 0 Å². The zero-order valence-corrected chi connectivity index (χ0v) is 9.66. The summed E-state index contributed by atoms with van der Waals surface area (Å²) in [6.07, 6.45) is 3.81. The smallest absolute Gasteiger partial charge is 0.0316 e. The zero-order chi connectivity index (χ0) is 10.8. The van der Waals surface area contributed by atoms with Crippen LogP contribution in [-0.4, -0.2) is 25.5 Å². The van der Waals surface area contributed by atoms with E-state index in [1.807, 2.05) is 6.07 Å². The number of aryl methyl sites for hydroxylation is 1. The lowest BCUT2D eigenvalue weighted by Gasteiger charge is -2.28. The number of likely N-dealkylation sites (N-methyl/N-ethyl adjacent to an activating group) is 1. The van der Waals surface area contributed by atoms with Crippen molar-refractivity contribution in [3.8, 4) is 0 Å². The molecular weight excluding hydrogens is 184 g/mol. The monoisotopic (exact) mass is 204 g/mol. The van der Waals surface area contributed by atoms with E-state index in [1.54, 1.807) is 0 Å². The summed E-state index contributed by atoms with van der Waals surface area (Å²) in [5, 5.41) is 0. The van der Waals surface area contributed by atoms with E-state index < -0.39 is 0 Å². The van der Waals surface area contributed by atoms with Crippen molar-refractivity contribution in [1.82, 2.24) is 4.90 Å². The van der Waals surface area contributed by atoms with Gasteiger partial charge in [0.1, 0.15) is 0 Å². The molecule has 1 unspecified atom stereocenters. The van der Waals surface area contributed by atoms with Crippen LogP contribution in [0.4, 0.5) is 5.69 Å². The minimum absolute atomic E-state index is 0.698. The minimum atomic E-state index is 0.698. The van der Waals surface area contributed by atoms with Crippen LogP contribution in [0, 0.1) is 0 Å². The average Bonchev–Trinajstić information content (AvgIpc) is 2.16. The molecule has 0 amide bonds. The van der Waals surface area contributed by atoms with Crippen LogP contribution in [0.15, 0.2) is 18.2 Å². The highest BCUT2D eigenvalue weighted by atomic mass is 15.1.